The summed E-state index contributed by atoms with van der Waals surface area (Å²) in [5.74, 6) is 0.463. The Morgan fingerprint density at radius 2 is 2.00 bits per heavy atom. The van der Waals surface area contributed by atoms with Crippen molar-refractivity contribution >= 4 is 5.97 Å². The van der Waals surface area contributed by atoms with Gasteiger partial charge in [-0.1, -0.05) is 20.8 Å². The molecular formula is C17H28O4. The molecule has 0 aromatic rings. The van der Waals surface area contributed by atoms with E-state index in [1.807, 2.05) is 0 Å². The molecule has 1 aliphatic carbocycles. The number of hydrogen-bond acceptors (Lipinski definition) is 4. The molecule has 3 aliphatic rings. The van der Waals surface area contributed by atoms with Gasteiger partial charge in [-0.15, -0.1) is 0 Å². The third kappa shape index (κ3) is 2.98. The molecule has 0 N–H and O–H groups in total. The molecule has 0 amide bonds. The van der Waals surface area contributed by atoms with Crippen molar-refractivity contribution in [3.05, 3.63) is 0 Å². The normalized spacial score (nSPS) is 44.3. The van der Waals surface area contributed by atoms with Gasteiger partial charge in [-0.2, -0.15) is 0 Å². The largest absolute Gasteiger partial charge is 0.433 e. The van der Waals surface area contributed by atoms with E-state index in [1.165, 1.54) is 6.42 Å². The van der Waals surface area contributed by atoms with E-state index in [1.54, 1.807) is 0 Å². The lowest BCUT2D eigenvalue weighted by Crippen LogP contribution is -2.57. The van der Waals surface area contributed by atoms with Gasteiger partial charge in [0.05, 0.1) is 18.6 Å². The molecule has 2 aliphatic heterocycles. The lowest BCUT2D eigenvalue weighted by atomic mass is 9.72. The monoisotopic (exact) mass is 296 g/mol. The van der Waals surface area contributed by atoms with Crippen LogP contribution in [0.1, 0.15) is 59.3 Å². The second-order valence-corrected chi connectivity index (χ2v) is 7.43. The van der Waals surface area contributed by atoms with E-state index >= 15 is 0 Å². The summed E-state index contributed by atoms with van der Waals surface area (Å²) in [5.41, 5.74) is 0. The van der Waals surface area contributed by atoms with Crippen molar-refractivity contribution in [1.82, 2.24) is 0 Å². The van der Waals surface area contributed by atoms with Crippen molar-refractivity contribution in [2.75, 3.05) is 6.61 Å². The minimum Gasteiger partial charge on any atom is -0.433 e. The molecule has 5 atom stereocenters. The maximum Gasteiger partial charge on any atom is 0.311 e. The molecule has 2 saturated heterocycles. The minimum absolute atomic E-state index is 0.0692. The van der Waals surface area contributed by atoms with E-state index in [0.29, 0.717) is 24.2 Å². The van der Waals surface area contributed by atoms with E-state index in [0.717, 1.165) is 32.3 Å². The minimum atomic E-state index is -0.711. The summed E-state index contributed by atoms with van der Waals surface area (Å²) in [4.78, 5) is 12.2. The summed E-state index contributed by atoms with van der Waals surface area (Å²) < 4.78 is 18.0. The van der Waals surface area contributed by atoms with E-state index in [9.17, 15) is 4.79 Å². The van der Waals surface area contributed by atoms with Gasteiger partial charge in [0, 0.05) is 18.9 Å². The standard InChI is InChI=1S/C17H28O4/c1-11(2)13-7-6-12(3)10-17(13)20-15(9-16(18)21-17)14-5-4-8-19-14/h11-15H,4-10H2,1-3H3/t12-,13+,14?,15-,17+/m1/s1. The quantitative estimate of drug-likeness (QED) is 0.734. The molecule has 0 radical (unpaired) electrons. The molecule has 1 spiro atoms. The molecule has 2 heterocycles. The molecule has 120 valence electrons. The van der Waals surface area contributed by atoms with Gasteiger partial charge < -0.3 is 14.2 Å². The van der Waals surface area contributed by atoms with E-state index in [4.69, 9.17) is 14.2 Å². The maximum atomic E-state index is 12.2. The highest BCUT2D eigenvalue weighted by molar-refractivity contribution is 5.71. The predicted octanol–water partition coefficient (Wildman–Crippen LogP) is 3.29. The second-order valence-electron chi connectivity index (χ2n) is 7.43. The average molecular weight is 296 g/mol. The van der Waals surface area contributed by atoms with Crippen molar-refractivity contribution in [3.8, 4) is 0 Å². The number of hydrogen-bond donors (Lipinski definition) is 0. The molecule has 0 bridgehead atoms. The lowest BCUT2D eigenvalue weighted by molar-refractivity contribution is -0.326. The van der Waals surface area contributed by atoms with Gasteiger partial charge in [0.25, 0.3) is 0 Å². The Hall–Kier alpha value is -0.610. The van der Waals surface area contributed by atoms with Crippen LogP contribution in [0, 0.1) is 17.8 Å². The molecule has 0 aromatic heterocycles. The van der Waals surface area contributed by atoms with Crippen LogP contribution in [0.15, 0.2) is 0 Å². The summed E-state index contributed by atoms with van der Waals surface area (Å²) >= 11 is 0. The van der Waals surface area contributed by atoms with Crippen LogP contribution in [0.25, 0.3) is 0 Å². The number of ether oxygens (including phenoxy) is 3. The van der Waals surface area contributed by atoms with Crippen molar-refractivity contribution < 1.29 is 19.0 Å². The molecule has 3 rings (SSSR count). The van der Waals surface area contributed by atoms with Gasteiger partial charge in [0.1, 0.15) is 0 Å². The highest BCUT2D eigenvalue weighted by Crippen LogP contribution is 2.47. The van der Waals surface area contributed by atoms with Crippen molar-refractivity contribution in [2.24, 2.45) is 17.8 Å². The van der Waals surface area contributed by atoms with Crippen molar-refractivity contribution in [2.45, 2.75) is 77.3 Å². The highest BCUT2D eigenvalue weighted by Gasteiger charge is 2.54. The van der Waals surface area contributed by atoms with Gasteiger partial charge in [-0.3, -0.25) is 4.79 Å². The Bertz CT molecular complexity index is 388. The van der Waals surface area contributed by atoms with Gasteiger partial charge in [-0.05, 0) is 37.5 Å². The third-order valence-electron chi connectivity index (χ3n) is 5.36. The smallest absolute Gasteiger partial charge is 0.311 e. The molecule has 1 unspecified atom stereocenters. The zero-order valence-corrected chi connectivity index (χ0v) is 13.5. The Balaban J connectivity index is 1.83. The predicted molar refractivity (Wildman–Crippen MR) is 78.6 cm³/mol. The maximum absolute atomic E-state index is 12.2. The van der Waals surface area contributed by atoms with Gasteiger partial charge >= 0.3 is 5.97 Å². The molecular weight excluding hydrogens is 268 g/mol. The Kier molecular flexibility index (Phi) is 4.28. The number of carbonyl (C=O) groups excluding carboxylic acids is 1. The summed E-state index contributed by atoms with van der Waals surface area (Å²) in [6.45, 7) is 7.42. The Labute approximate surface area is 127 Å². The molecule has 0 aromatic carbocycles. The first-order valence-electron chi connectivity index (χ1n) is 8.51. The fraction of sp³-hybridized carbons (Fsp3) is 0.941. The summed E-state index contributed by atoms with van der Waals surface area (Å²) in [6, 6.07) is 0. The third-order valence-corrected chi connectivity index (χ3v) is 5.36. The van der Waals surface area contributed by atoms with Crippen LogP contribution in [0.3, 0.4) is 0 Å². The molecule has 21 heavy (non-hydrogen) atoms. The molecule has 3 fully saturated rings. The number of esters is 1. The van der Waals surface area contributed by atoms with Crippen LogP contribution in [-0.2, 0) is 19.0 Å². The van der Waals surface area contributed by atoms with E-state index in [-0.39, 0.29) is 18.2 Å². The topological polar surface area (TPSA) is 44.8 Å². The van der Waals surface area contributed by atoms with Crippen LogP contribution < -0.4 is 0 Å². The second kappa shape index (κ2) is 5.88. The average Bonchev–Trinajstić information content (AvgIpc) is 2.90. The van der Waals surface area contributed by atoms with Crippen molar-refractivity contribution in [1.29, 1.82) is 0 Å². The Morgan fingerprint density at radius 1 is 1.19 bits per heavy atom. The van der Waals surface area contributed by atoms with E-state index in [2.05, 4.69) is 20.8 Å². The number of carbonyl (C=O) groups is 1. The van der Waals surface area contributed by atoms with Crippen LogP contribution in [0.2, 0.25) is 0 Å². The molecule has 4 nitrogen and oxygen atoms in total. The van der Waals surface area contributed by atoms with Gasteiger partial charge in [0.15, 0.2) is 0 Å². The summed E-state index contributed by atoms with van der Waals surface area (Å²) in [5, 5.41) is 0. The zero-order valence-electron chi connectivity index (χ0n) is 13.5. The lowest BCUT2D eigenvalue weighted by Gasteiger charge is -2.51. The van der Waals surface area contributed by atoms with Gasteiger partial charge in [-0.25, -0.2) is 0 Å². The fourth-order valence-electron chi connectivity index (χ4n) is 4.34. The van der Waals surface area contributed by atoms with Gasteiger partial charge in [0.2, 0.25) is 5.79 Å². The van der Waals surface area contributed by atoms with Crippen molar-refractivity contribution in [3.63, 3.8) is 0 Å². The molecule has 1 saturated carbocycles. The first kappa shape index (κ1) is 15.3. The summed E-state index contributed by atoms with van der Waals surface area (Å²) in [6.07, 6.45) is 5.43. The fourth-order valence-corrected chi connectivity index (χ4v) is 4.34. The highest BCUT2D eigenvalue weighted by atomic mass is 16.7. The zero-order chi connectivity index (χ0) is 15.0. The van der Waals surface area contributed by atoms with Crippen LogP contribution in [0.5, 0.6) is 0 Å². The van der Waals surface area contributed by atoms with Crippen LogP contribution >= 0.6 is 0 Å². The first-order chi connectivity index (χ1) is 10.00. The first-order valence-corrected chi connectivity index (χ1v) is 8.51. The van der Waals surface area contributed by atoms with E-state index < -0.39 is 5.79 Å². The van der Waals surface area contributed by atoms with Crippen LogP contribution in [0.4, 0.5) is 0 Å². The SMILES string of the molecule is CC(C)[C@@H]1CC[C@@H](C)C[C@]12OC(=O)C[C@H](C1CCCO1)O2. The van der Waals surface area contributed by atoms with Crippen LogP contribution in [-0.4, -0.2) is 30.6 Å². The number of rotatable bonds is 2. The molecule has 4 heteroatoms. The summed E-state index contributed by atoms with van der Waals surface area (Å²) in [7, 11) is 0. The Morgan fingerprint density at radius 3 is 2.67 bits per heavy atom.